The lowest BCUT2D eigenvalue weighted by Gasteiger charge is -2.36. The molecule has 4 rings (SSSR count). The van der Waals surface area contributed by atoms with Crippen molar-refractivity contribution in [2.24, 2.45) is 0 Å². The number of nitrogens with zero attached hydrogens (tertiary/aromatic N) is 5. The molecular formula is C20H18F2N6O. The van der Waals surface area contributed by atoms with Crippen LogP contribution in [-0.2, 0) is 0 Å². The number of hydrogen-bond donors (Lipinski definition) is 1. The molecule has 1 aromatic carbocycles. The number of rotatable bonds is 4. The van der Waals surface area contributed by atoms with Gasteiger partial charge in [0.15, 0.2) is 0 Å². The fourth-order valence-corrected chi connectivity index (χ4v) is 3.14. The summed E-state index contributed by atoms with van der Waals surface area (Å²) < 4.78 is 26.8. The first-order valence-corrected chi connectivity index (χ1v) is 9.09. The van der Waals surface area contributed by atoms with E-state index < -0.39 is 17.5 Å². The van der Waals surface area contributed by atoms with Gasteiger partial charge in [0.1, 0.15) is 17.3 Å². The molecule has 148 valence electrons. The highest BCUT2D eigenvalue weighted by molar-refractivity contribution is 6.03. The molecule has 2 aromatic heterocycles. The predicted octanol–water partition coefficient (Wildman–Crippen LogP) is 2.73. The van der Waals surface area contributed by atoms with Gasteiger partial charge in [0.05, 0.1) is 5.69 Å². The molecule has 1 aliphatic rings. The lowest BCUT2D eigenvalue weighted by atomic mass is 10.2. The summed E-state index contributed by atoms with van der Waals surface area (Å²) in [5.74, 6) is -1.41. The van der Waals surface area contributed by atoms with Crippen LogP contribution in [0.1, 0.15) is 10.5 Å². The van der Waals surface area contributed by atoms with Crippen LogP contribution in [0, 0.1) is 11.6 Å². The lowest BCUT2D eigenvalue weighted by Crippen LogP contribution is -2.47. The zero-order valence-electron chi connectivity index (χ0n) is 15.4. The van der Waals surface area contributed by atoms with Crippen molar-refractivity contribution in [2.75, 3.05) is 41.3 Å². The zero-order valence-corrected chi connectivity index (χ0v) is 15.4. The van der Waals surface area contributed by atoms with Crippen LogP contribution in [0.15, 0.2) is 55.0 Å². The molecule has 1 fully saturated rings. The molecule has 0 aliphatic carbocycles. The summed E-state index contributed by atoms with van der Waals surface area (Å²) in [6, 6.07) is 8.24. The summed E-state index contributed by atoms with van der Waals surface area (Å²) >= 11 is 0. The highest BCUT2D eigenvalue weighted by Gasteiger charge is 2.20. The Kier molecular flexibility index (Phi) is 5.28. The summed E-state index contributed by atoms with van der Waals surface area (Å²) in [4.78, 5) is 29.3. The molecule has 0 atom stereocenters. The fraction of sp³-hybridized carbons (Fsp3) is 0.200. The topological polar surface area (TPSA) is 74.2 Å². The fourth-order valence-electron chi connectivity index (χ4n) is 3.14. The third-order valence-electron chi connectivity index (χ3n) is 4.64. The molecule has 0 bridgehead atoms. The van der Waals surface area contributed by atoms with Gasteiger partial charge in [0.25, 0.3) is 5.91 Å². The number of carbonyl (C=O) groups is 1. The minimum Gasteiger partial charge on any atom is -0.368 e. The third kappa shape index (κ3) is 4.29. The molecule has 0 unspecified atom stereocenters. The second-order valence-corrected chi connectivity index (χ2v) is 6.50. The van der Waals surface area contributed by atoms with Crippen molar-refractivity contribution >= 4 is 23.2 Å². The van der Waals surface area contributed by atoms with E-state index in [0.29, 0.717) is 5.95 Å². The molecule has 3 heterocycles. The molecule has 9 heteroatoms. The van der Waals surface area contributed by atoms with Crippen LogP contribution in [0.25, 0.3) is 0 Å². The van der Waals surface area contributed by atoms with Gasteiger partial charge in [-0.05, 0) is 30.3 Å². The molecule has 29 heavy (non-hydrogen) atoms. The Labute approximate surface area is 166 Å². The van der Waals surface area contributed by atoms with Crippen molar-refractivity contribution < 1.29 is 13.6 Å². The van der Waals surface area contributed by atoms with Gasteiger partial charge in [-0.25, -0.2) is 18.7 Å². The maximum absolute atomic E-state index is 13.8. The first-order valence-electron chi connectivity index (χ1n) is 9.09. The molecule has 0 radical (unpaired) electrons. The number of nitrogens with one attached hydrogen (secondary N) is 1. The highest BCUT2D eigenvalue weighted by atomic mass is 19.1. The molecule has 0 spiro atoms. The van der Waals surface area contributed by atoms with Gasteiger partial charge in [0, 0.05) is 56.5 Å². The van der Waals surface area contributed by atoms with Crippen molar-refractivity contribution in [1.82, 2.24) is 15.0 Å². The molecule has 7 nitrogen and oxygen atoms in total. The average Bonchev–Trinajstić information content (AvgIpc) is 2.76. The second kappa shape index (κ2) is 8.17. The van der Waals surface area contributed by atoms with Crippen LogP contribution < -0.4 is 15.1 Å². The largest absolute Gasteiger partial charge is 0.368 e. The minimum atomic E-state index is -0.839. The molecule has 1 saturated heterocycles. The van der Waals surface area contributed by atoms with E-state index in [1.165, 1.54) is 12.3 Å². The van der Waals surface area contributed by atoms with E-state index in [9.17, 15) is 13.6 Å². The Morgan fingerprint density at radius 3 is 2.34 bits per heavy atom. The third-order valence-corrected chi connectivity index (χ3v) is 4.64. The first-order chi connectivity index (χ1) is 14.1. The number of piperazine rings is 1. The number of benzene rings is 1. The normalized spacial score (nSPS) is 14.0. The predicted molar refractivity (Wildman–Crippen MR) is 105 cm³/mol. The van der Waals surface area contributed by atoms with Gasteiger partial charge in [0.2, 0.25) is 5.95 Å². The van der Waals surface area contributed by atoms with E-state index in [1.807, 2.05) is 6.07 Å². The maximum Gasteiger partial charge on any atom is 0.274 e. The zero-order chi connectivity index (χ0) is 20.2. The minimum absolute atomic E-state index is 0.0971. The van der Waals surface area contributed by atoms with E-state index in [4.69, 9.17) is 0 Å². The van der Waals surface area contributed by atoms with Gasteiger partial charge in [-0.3, -0.25) is 9.78 Å². The number of carbonyl (C=O) groups excluding carboxylic acids is 1. The Morgan fingerprint density at radius 1 is 0.897 bits per heavy atom. The standard InChI is InChI=1S/C20H18F2N6O/c21-14-2-3-17(16(22)12-14)26-19(29)18-13-15(4-7-23-18)27-8-10-28(11-9-27)20-24-5-1-6-25-20/h1-7,12-13H,8-11H2,(H,26,29). The van der Waals surface area contributed by atoms with Crippen LogP contribution in [0.4, 0.5) is 26.1 Å². The summed E-state index contributed by atoms with van der Waals surface area (Å²) in [6.07, 6.45) is 4.97. The molecule has 0 saturated carbocycles. The van der Waals surface area contributed by atoms with Crippen molar-refractivity contribution in [3.05, 3.63) is 72.3 Å². The SMILES string of the molecule is O=C(Nc1ccc(F)cc1F)c1cc(N2CCN(c3ncccn3)CC2)ccn1. The van der Waals surface area contributed by atoms with Gasteiger partial charge in [-0.2, -0.15) is 0 Å². The van der Waals surface area contributed by atoms with Crippen LogP contribution in [0.3, 0.4) is 0 Å². The second-order valence-electron chi connectivity index (χ2n) is 6.50. The Hall–Kier alpha value is -3.62. The molecule has 1 aliphatic heterocycles. The van der Waals surface area contributed by atoms with E-state index in [2.05, 4.69) is 30.1 Å². The molecule has 1 amide bonds. The summed E-state index contributed by atoms with van der Waals surface area (Å²) in [7, 11) is 0. The summed E-state index contributed by atoms with van der Waals surface area (Å²) in [5.41, 5.74) is 0.901. The van der Waals surface area contributed by atoms with Crippen LogP contribution in [0.5, 0.6) is 0 Å². The summed E-state index contributed by atoms with van der Waals surface area (Å²) in [5, 5.41) is 2.43. The number of anilines is 3. The first kappa shape index (κ1) is 18.7. The number of pyridine rings is 1. The van der Waals surface area contributed by atoms with Gasteiger partial charge < -0.3 is 15.1 Å². The summed E-state index contributed by atoms with van der Waals surface area (Å²) in [6.45, 7) is 2.95. The highest BCUT2D eigenvalue weighted by Crippen LogP contribution is 2.20. The monoisotopic (exact) mass is 396 g/mol. The lowest BCUT2D eigenvalue weighted by molar-refractivity contribution is 0.102. The van der Waals surface area contributed by atoms with Crippen LogP contribution >= 0.6 is 0 Å². The average molecular weight is 396 g/mol. The van der Waals surface area contributed by atoms with Gasteiger partial charge >= 0.3 is 0 Å². The van der Waals surface area contributed by atoms with Crippen molar-refractivity contribution in [3.63, 3.8) is 0 Å². The van der Waals surface area contributed by atoms with Crippen molar-refractivity contribution in [1.29, 1.82) is 0 Å². The van der Waals surface area contributed by atoms with Crippen molar-refractivity contribution in [3.8, 4) is 0 Å². The Morgan fingerprint density at radius 2 is 1.62 bits per heavy atom. The number of aromatic nitrogens is 3. The number of hydrogen-bond acceptors (Lipinski definition) is 6. The Bertz CT molecular complexity index is 1010. The molecular weight excluding hydrogens is 378 g/mol. The smallest absolute Gasteiger partial charge is 0.274 e. The van der Waals surface area contributed by atoms with E-state index in [1.54, 1.807) is 24.5 Å². The van der Waals surface area contributed by atoms with Gasteiger partial charge in [-0.1, -0.05) is 0 Å². The Balaban J connectivity index is 1.43. The number of halogens is 2. The maximum atomic E-state index is 13.8. The quantitative estimate of drug-likeness (QED) is 0.731. The van der Waals surface area contributed by atoms with E-state index in [0.717, 1.165) is 44.0 Å². The molecule has 1 N–H and O–H groups in total. The van der Waals surface area contributed by atoms with Crippen molar-refractivity contribution in [2.45, 2.75) is 0 Å². The van der Waals surface area contributed by atoms with E-state index >= 15 is 0 Å². The number of amides is 1. The molecule has 3 aromatic rings. The van der Waals surface area contributed by atoms with Crippen LogP contribution in [-0.4, -0.2) is 47.0 Å². The van der Waals surface area contributed by atoms with Crippen LogP contribution in [0.2, 0.25) is 0 Å². The van der Waals surface area contributed by atoms with Gasteiger partial charge in [-0.15, -0.1) is 0 Å². The van der Waals surface area contributed by atoms with E-state index in [-0.39, 0.29) is 11.4 Å².